The molecule has 7 nitrogen and oxygen atoms in total. The molecule has 0 aliphatic rings. The second kappa shape index (κ2) is 12.2. The fourth-order valence-corrected chi connectivity index (χ4v) is 5.48. The van der Waals surface area contributed by atoms with Crippen molar-refractivity contribution in [2.45, 2.75) is 13.5 Å². The fourth-order valence-electron chi connectivity index (χ4n) is 4.41. The highest BCUT2D eigenvalue weighted by Gasteiger charge is 2.17. The van der Waals surface area contributed by atoms with Gasteiger partial charge in [-0.25, -0.2) is 4.98 Å². The van der Waals surface area contributed by atoms with Crippen molar-refractivity contribution in [1.29, 1.82) is 0 Å². The molecule has 42 heavy (non-hydrogen) atoms. The second-order valence-electron chi connectivity index (χ2n) is 9.28. The number of fused-ring (bicyclic) bond motifs is 2. The molecule has 10 heteroatoms. The summed E-state index contributed by atoms with van der Waals surface area (Å²) in [7, 11) is 0. The van der Waals surface area contributed by atoms with Gasteiger partial charge in [0.25, 0.3) is 5.56 Å². The normalized spacial score (nSPS) is 11.5. The predicted molar refractivity (Wildman–Crippen MR) is 176 cm³/mol. The third kappa shape index (κ3) is 5.92. The lowest BCUT2D eigenvalue weighted by molar-refractivity contribution is 0.269. The molecule has 0 saturated carbocycles. The number of furan rings is 1. The molecule has 0 aliphatic heterocycles. The Kier molecular flexibility index (Phi) is 8.28. The van der Waals surface area contributed by atoms with Crippen LogP contribution in [0.5, 0.6) is 11.5 Å². The highest BCUT2D eigenvalue weighted by atomic mass is 79.9. The minimum Gasteiger partial charge on any atom is -0.490 e. The Balaban J connectivity index is 1.40. The number of aromatic nitrogens is 2. The van der Waals surface area contributed by atoms with Gasteiger partial charge in [-0.15, -0.1) is 0 Å². The van der Waals surface area contributed by atoms with Gasteiger partial charge in [-0.1, -0.05) is 56.1 Å². The molecule has 6 rings (SSSR count). The molecule has 0 radical (unpaired) electrons. The molecule has 0 spiro atoms. The van der Waals surface area contributed by atoms with Crippen LogP contribution in [0.2, 0.25) is 0 Å². The maximum atomic E-state index is 13.7. The second-order valence-corrected chi connectivity index (χ2v) is 12.0. The number of hydrogen-bond acceptors (Lipinski definition) is 6. The van der Waals surface area contributed by atoms with Gasteiger partial charge >= 0.3 is 0 Å². The topological polar surface area (TPSA) is 78.9 Å². The average molecular weight is 752 g/mol. The summed E-state index contributed by atoms with van der Waals surface area (Å²) < 4.78 is 22.0. The standard InChI is InChI=1S/C32H22Br3N3O4/c1-2-40-28-15-21(25(35)16-29(28)41-18-19-7-9-22(33)10-8-19)17-36-38-31(37-26-6-4-3-5-24(26)32(38)39)30-14-20-13-23(34)11-12-27(20)42-30/h3-17H,2,18H2,1H3. The molecule has 4 aromatic carbocycles. The Morgan fingerprint density at radius 1 is 0.905 bits per heavy atom. The quantitative estimate of drug-likeness (QED) is 0.145. The molecule has 210 valence electrons. The van der Waals surface area contributed by atoms with E-state index < -0.39 is 0 Å². The summed E-state index contributed by atoms with van der Waals surface area (Å²) in [6.45, 7) is 2.74. The zero-order valence-corrected chi connectivity index (χ0v) is 26.9. The highest BCUT2D eigenvalue weighted by Crippen LogP contribution is 2.34. The van der Waals surface area contributed by atoms with E-state index in [0.717, 1.165) is 24.4 Å². The van der Waals surface area contributed by atoms with Crippen LogP contribution >= 0.6 is 47.8 Å². The van der Waals surface area contributed by atoms with E-state index in [1.165, 1.54) is 4.68 Å². The molecule has 0 aliphatic carbocycles. The average Bonchev–Trinajstić information content (AvgIpc) is 3.41. The van der Waals surface area contributed by atoms with Crippen LogP contribution in [0.15, 0.2) is 113 Å². The van der Waals surface area contributed by atoms with E-state index in [1.807, 2.05) is 73.7 Å². The smallest absolute Gasteiger partial charge is 0.282 e. The van der Waals surface area contributed by atoms with Gasteiger partial charge in [-0.3, -0.25) is 4.79 Å². The van der Waals surface area contributed by atoms with Gasteiger partial charge < -0.3 is 13.9 Å². The van der Waals surface area contributed by atoms with Crippen LogP contribution in [0.4, 0.5) is 0 Å². The first-order chi connectivity index (χ1) is 20.4. The van der Waals surface area contributed by atoms with Crippen LogP contribution < -0.4 is 15.0 Å². The van der Waals surface area contributed by atoms with Crippen molar-refractivity contribution in [3.63, 3.8) is 0 Å². The van der Waals surface area contributed by atoms with Crippen molar-refractivity contribution in [2.24, 2.45) is 5.10 Å². The summed E-state index contributed by atoms with van der Waals surface area (Å²) in [6, 6.07) is 26.3. The third-order valence-electron chi connectivity index (χ3n) is 6.44. The predicted octanol–water partition coefficient (Wildman–Crippen LogP) is 8.96. The molecular weight excluding hydrogens is 730 g/mol. The maximum Gasteiger partial charge on any atom is 0.282 e. The van der Waals surface area contributed by atoms with Crippen LogP contribution in [0, 0.1) is 0 Å². The molecule has 0 saturated heterocycles. The summed E-state index contributed by atoms with van der Waals surface area (Å²) in [4.78, 5) is 18.4. The Hall–Kier alpha value is -3.73. The number of rotatable bonds is 8. The number of hydrogen-bond donors (Lipinski definition) is 0. The Morgan fingerprint density at radius 3 is 2.48 bits per heavy atom. The Bertz CT molecular complexity index is 2020. The van der Waals surface area contributed by atoms with Gasteiger partial charge in [0, 0.05) is 24.4 Å². The van der Waals surface area contributed by atoms with Crippen molar-refractivity contribution in [3.05, 3.63) is 120 Å². The summed E-state index contributed by atoms with van der Waals surface area (Å²) in [5.41, 5.74) is 2.63. The number of halogens is 3. The monoisotopic (exact) mass is 749 g/mol. The van der Waals surface area contributed by atoms with Gasteiger partial charge in [-0.05, 0) is 89.1 Å². The lowest BCUT2D eigenvalue weighted by Gasteiger charge is -2.14. The van der Waals surface area contributed by atoms with Crippen molar-refractivity contribution >= 4 is 75.9 Å². The van der Waals surface area contributed by atoms with Crippen molar-refractivity contribution < 1.29 is 13.9 Å². The van der Waals surface area contributed by atoms with Crippen LogP contribution in [0.1, 0.15) is 18.1 Å². The molecule has 0 N–H and O–H groups in total. The van der Waals surface area contributed by atoms with Gasteiger partial charge in [0.2, 0.25) is 5.82 Å². The Labute approximate surface area is 266 Å². The molecule has 0 atom stereocenters. The van der Waals surface area contributed by atoms with E-state index in [9.17, 15) is 4.79 Å². The molecule has 2 aromatic heterocycles. The lowest BCUT2D eigenvalue weighted by atomic mass is 10.2. The van der Waals surface area contributed by atoms with E-state index >= 15 is 0 Å². The Morgan fingerprint density at radius 2 is 1.67 bits per heavy atom. The summed E-state index contributed by atoms with van der Waals surface area (Å²) in [5, 5.41) is 5.92. The molecule has 0 unspecified atom stereocenters. The lowest BCUT2D eigenvalue weighted by Crippen LogP contribution is -2.20. The minimum atomic E-state index is -0.316. The van der Waals surface area contributed by atoms with Crippen molar-refractivity contribution in [3.8, 4) is 23.1 Å². The van der Waals surface area contributed by atoms with Gasteiger partial charge in [0.15, 0.2) is 17.3 Å². The maximum absolute atomic E-state index is 13.7. The molecule has 0 amide bonds. The molecule has 0 fully saturated rings. The number of ether oxygens (including phenoxy) is 2. The van der Waals surface area contributed by atoms with Crippen LogP contribution in [0.3, 0.4) is 0 Å². The fraction of sp³-hybridized carbons (Fsp3) is 0.0938. The van der Waals surface area contributed by atoms with E-state index in [1.54, 1.807) is 24.4 Å². The molecule has 0 bridgehead atoms. The number of para-hydroxylation sites is 1. The van der Waals surface area contributed by atoms with Gasteiger partial charge in [-0.2, -0.15) is 9.78 Å². The van der Waals surface area contributed by atoms with E-state index in [4.69, 9.17) is 18.9 Å². The van der Waals surface area contributed by atoms with Crippen LogP contribution in [-0.4, -0.2) is 22.5 Å². The van der Waals surface area contributed by atoms with Gasteiger partial charge in [0.05, 0.1) is 23.7 Å². The molecular formula is C32H22Br3N3O4. The SMILES string of the molecule is CCOc1cc(C=Nn2c(-c3cc4cc(Br)ccc4o3)nc3ccccc3c2=O)c(Br)cc1OCc1ccc(Br)cc1. The summed E-state index contributed by atoms with van der Waals surface area (Å²) in [6.07, 6.45) is 1.59. The van der Waals surface area contributed by atoms with Gasteiger partial charge in [0.1, 0.15) is 12.2 Å². The van der Waals surface area contributed by atoms with Crippen molar-refractivity contribution in [1.82, 2.24) is 9.66 Å². The van der Waals surface area contributed by atoms with E-state index in [2.05, 4.69) is 52.9 Å². The van der Waals surface area contributed by atoms with E-state index in [-0.39, 0.29) is 11.4 Å². The zero-order valence-electron chi connectivity index (χ0n) is 22.2. The van der Waals surface area contributed by atoms with E-state index in [0.29, 0.717) is 52.5 Å². The minimum absolute atomic E-state index is 0.290. The summed E-state index contributed by atoms with van der Waals surface area (Å²) in [5.74, 6) is 1.86. The first-order valence-corrected chi connectivity index (χ1v) is 15.4. The first-order valence-electron chi connectivity index (χ1n) is 13.0. The summed E-state index contributed by atoms with van der Waals surface area (Å²) >= 11 is 10.6. The number of benzene rings is 4. The highest BCUT2D eigenvalue weighted by molar-refractivity contribution is 9.11. The van der Waals surface area contributed by atoms with Crippen LogP contribution in [-0.2, 0) is 6.61 Å². The third-order valence-corrected chi connectivity index (χ3v) is 8.14. The largest absolute Gasteiger partial charge is 0.490 e. The zero-order chi connectivity index (χ0) is 29.2. The van der Waals surface area contributed by atoms with Crippen LogP contribution in [0.25, 0.3) is 33.5 Å². The van der Waals surface area contributed by atoms with Crippen molar-refractivity contribution in [2.75, 3.05) is 6.61 Å². The number of nitrogens with zero attached hydrogens (tertiary/aromatic N) is 3. The first kappa shape index (κ1) is 28.4. The molecule has 2 heterocycles. The molecule has 6 aromatic rings.